The van der Waals surface area contributed by atoms with Gasteiger partial charge >= 0.3 is 0 Å². The van der Waals surface area contributed by atoms with Crippen molar-refractivity contribution in [2.24, 2.45) is 11.3 Å². The van der Waals surface area contributed by atoms with Gasteiger partial charge in [0.15, 0.2) is 0 Å². The van der Waals surface area contributed by atoms with Crippen LogP contribution in [-0.2, 0) is 5.41 Å². The summed E-state index contributed by atoms with van der Waals surface area (Å²) in [5, 5.41) is 2.48. The lowest BCUT2D eigenvalue weighted by Crippen LogP contribution is -2.50. The first-order valence-electron chi connectivity index (χ1n) is 16.1. The molecule has 0 saturated heterocycles. The normalized spacial score (nSPS) is 20.6. The van der Waals surface area contributed by atoms with E-state index in [0.29, 0.717) is 5.92 Å². The van der Waals surface area contributed by atoms with Crippen LogP contribution in [0.25, 0.3) is 11.6 Å². The van der Waals surface area contributed by atoms with E-state index in [2.05, 4.69) is 98.5 Å². The average molecular weight is 543 g/mol. The second-order valence-corrected chi connectivity index (χ2v) is 11.3. The van der Waals surface area contributed by atoms with Gasteiger partial charge in [0.25, 0.3) is 0 Å². The molecule has 1 atom stereocenters. The monoisotopic (exact) mass is 542 g/mol. The number of rotatable bonds is 6. The van der Waals surface area contributed by atoms with Gasteiger partial charge in [0.1, 0.15) is 0 Å². The highest BCUT2D eigenvalue weighted by Crippen LogP contribution is 2.50. The largest absolute Gasteiger partial charge is 0.254 e. The molecule has 2 aromatic rings. The lowest BCUT2D eigenvalue weighted by molar-refractivity contribution is 0.145. The van der Waals surface area contributed by atoms with E-state index in [1.54, 1.807) is 5.57 Å². The summed E-state index contributed by atoms with van der Waals surface area (Å²) in [5.74, 6) is 0.589. The van der Waals surface area contributed by atoms with E-state index in [9.17, 15) is 0 Å². The fourth-order valence-corrected chi connectivity index (χ4v) is 6.65. The Hall–Kier alpha value is -2.42. The van der Waals surface area contributed by atoms with E-state index in [0.717, 1.165) is 26.1 Å². The van der Waals surface area contributed by atoms with Crippen LogP contribution in [0, 0.1) is 18.3 Å². The van der Waals surface area contributed by atoms with Gasteiger partial charge in [0.2, 0.25) is 0 Å². The highest BCUT2D eigenvalue weighted by Gasteiger charge is 2.40. The molecule has 2 aliphatic carbocycles. The maximum Gasteiger partial charge on any atom is 0.0315 e. The quantitative estimate of drug-likeness (QED) is 0.365. The number of nitrogens with one attached hydrogen (secondary N) is 1. The molecule has 1 N–H and O–H groups in total. The van der Waals surface area contributed by atoms with Gasteiger partial charge in [-0.15, -0.1) is 0 Å². The van der Waals surface area contributed by atoms with Crippen LogP contribution in [0.1, 0.15) is 110 Å². The smallest absolute Gasteiger partial charge is 0.0315 e. The summed E-state index contributed by atoms with van der Waals surface area (Å²) in [4.78, 5) is 0. The first-order chi connectivity index (χ1) is 19.4. The van der Waals surface area contributed by atoms with Crippen LogP contribution < -0.4 is 5.43 Å². The third kappa shape index (κ3) is 7.65. The molecule has 1 heterocycles. The fourth-order valence-electron chi connectivity index (χ4n) is 6.65. The van der Waals surface area contributed by atoms with Crippen LogP contribution in [0.3, 0.4) is 0 Å². The summed E-state index contributed by atoms with van der Waals surface area (Å²) in [5.41, 5.74) is 12.7. The van der Waals surface area contributed by atoms with Crippen molar-refractivity contribution in [1.82, 2.24) is 10.4 Å². The molecule has 0 aromatic heterocycles. The second-order valence-electron chi connectivity index (χ2n) is 11.3. The van der Waals surface area contributed by atoms with Crippen molar-refractivity contribution >= 4 is 11.6 Å². The number of allylic oxidation sites excluding steroid dienone is 2. The molecule has 2 heteroatoms. The van der Waals surface area contributed by atoms with Crippen LogP contribution in [-0.4, -0.2) is 24.6 Å². The Labute approximate surface area is 247 Å². The van der Waals surface area contributed by atoms with Gasteiger partial charge in [-0.25, -0.2) is 5.01 Å². The van der Waals surface area contributed by atoms with Gasteiger partial charge < -0.3 is 0 Å². The minimum absolute atomic E-state index is 0.0687. The molecule has 0 radical (unpaired) electrons. The average Bonchev–Trinajstić information content (AvgIpc) is 3.50. The Morgan fingerprint density at radius 3 is 2.05 bits per heavy atom. The summed E-state index contributed by atoms with van der Waals surface area (Å²) in [6.45, 7) is 26.0. The Bertz CT molecular complexity index is 1080. The Morgan fingerprint density at radius 2 is 1.48 bits per heavy atom. The number of hydrazine groups is 1. The third-order valence-electron chi connectivity index (χ3n) is 8.74. The predicted molar refractivity (Wildman–Crippen MR) is 179 cm³/mol. The Kier molecular flexibility index (Phi) is 13.6. The van der Waals surface area contributed by atoms with Crippen LogP contribution in [0.2, 0.25) is 0 Å². The van der Waals surface area contributed by atoms with Crippen molar-refractivity contribution < 1.29 is 0 Å². The lowest BCUT2D eigenvalue weighted by atomic mass is 9.64. The standard InChI is InChI=1S/C32H40N2.3C2H6/c1-5-25-10-12-26(13-11-25)29-17-14-27-22-34(21-18-30(27)31(29,3)4)33-23-32(19-6-7-20-32)28-15-8-24(2)9-16-28;3*1-2/h5,8-13,15-18,27,33H,1,6-7,14,19-23H2,2-4H3;3*1-2H3. The first-order valence-corrected chi connectivity index (χ1v) is 16.1. The highest BCUT2D eigenvalue weighted by molar-refractivity contribution is 5.75. The first kappa shape index (κ1) is 33.8. The summed E-state index contributed by atoms with van der Waals surface area (Å²) in [6.07, 6.45) is 13.3. The van der Waals surface area contributed by atoms with Crippen LogP contribution >= 0.6 is 0 Å². The van der Waals surface area contributed by atoms with E-state index in [4.69, 9.17) is 0 Å². The number of fused-ring (bicyclic) bond motifs is 1. The molecule has 2 nitrogen and oxygen atoms in total. The van der Waals surface area contributed by atoms with E-state index in [-0.39, 0.29) is 10.8 Å². The van der Waals surface area contributed by atoms with Crippen LogP contribution in [0.15, 0.2) is 72.8 Å². The molecular formula is C38H58N2. The summed E-state index contributed by atoms with van der Waals surface area (Å²) < 4.78 is 0. The third-order valence-corrected chi connectivity index (χ3v) is 8.74. The molecule has 5 rings (SSSR count). The molecule has 1 aliphatic heterocycles. The Balaban J connectivity index is 0.000000876. The van der Waals surface area contributed by atoms with Crippen molar-refractivity contribution in [2.45, 2.75) is 99.8 Å². The van der Waals surface area contributed by atoms with E-state index in [1.807, 2.05) is 47.6 Å². The predicted octanol–water partition coefficient (Wildman–Crippen LogP) is 10.4. The van der Waals surface area contributed by atoms with Crippen molar-refractivity contribution in [2.75, 3.05) is 19.6 Å². The maximum absolute atomic E-state index is 3.89. The Morgan fingerprint density at radius 1 is 0.875 bits per heavy atom. The molecule has 220 valence electrons. The lowest BCUT2D eigenvalue weighted by Gasteiger charge is -2.45. The van der Waals surface area contributed by atoms with Gasteiger partial charge in [-0.3, -0.25) is 5.43 Å². The van der Waals surface area contributed by atoms with Gasteiger partial charge in [-0.05, 0) is 54.4 Å². The minimum atomic E-state index is 0.0687. The van der Waals surface area contributed by atoms with Crippen LogP contribution in [0.4, 0.5) is 0 Å². The van der Waals surface area contributed by atoms with Crippen molar-refractivity contribution in [3.63, 3.8) is 0 Å². The summed E-state index contributed by atoms with van der Waals surface area (Å²) in [6, 6.07) is 18.2. The molecule has 2 aromatic carbocycles. The minimum Gasteiger partial charge on any atom is -0.254 e. The molecule has 0 amide bonds. The van der Waals surface area contributed by atoms with Crippen LogP contribution in [0.5, 0.6) is 0 Å². The molecule has 0 bridgehead atoms. The topological polar surface area (TPSA) is 15.3 Å². The molecular weight excluding hydrogens is 484 g/mol. The molecule has 3 aliphatic rings. The zero-order valence-electron chi connectivity index (χ0n) is 27.2. The maximum atomic E-state index is 3.89. The van der Waals surface area contributed by atoms with E-state index < -0.39 is 0 Å². The molecule has 1 saturated carbocycles. The van der Waals surface area contributed by atoms with Gasteiger partial charge in [0, 0.05) is 30.5 Å². The molecule has 1 fully saturated rings. The van der Waals surface area contributed by atoms with Crippen molar-refractivity contribution in [3.05, 3.63) is 95.1 Å². The number of nitrogens with zero attached hydrogens (tertiary/aromatic N) is 1. The number of hydrogen-bond donors (Lipinski definition) is 1. The SMILES string of the molecule is C=Cc1ccc(C2=CCC3CN(NCC4(c5ccc(C)cc5)CCCC4)CC=C3C2(C)C)cc1.CC.CC.CC. The van der Waals surface area contributed by atoms with Gasteiger partial charge in [-0.2, -0.15) is 0 Å². The highest BCUT2D eigenvalue weighted by atomic mass is 15.5. The molecule has 0 spiro atoms. The van der Waals surface area contributed by atoms with Gasteiger partial charge in [-0.1, -0.05) is 153 Å². The number of aryl methyl sites for hydroxylation is 1. The number of benzene rings is 2. The fraction of sp³-hybridized carbons (Fsp3) is 0.526. The van der Waals surface area contributed by atoms with E-state index >= 15 is 0 Å². The second kappa shape index (κ2) is 16.1. The molecule has 40 heavy (non-hydrogen) atoms. The van der Waals surface area contributed by atoms with Crippen molar-refractivity contribution in [3.8, 4) is 0 Å². The summed E-state index contributed by atoms with van der Waals surface area (Å²) in [7, 11) is 0. The van der Waals surface area contributed by atoms with E-state index in [1.165, 1.54) is 53.5 Å². The zero-order valence-corrected chi connectivity index (χ0v) is 27.2. The zero-order chi connectivity index (χ0) is 29.8. The van der Waals surface area contributed by atoms with Crippen molar-refractivity contribution in [1.29, 1.82) is 0 Å². The number of hydrogen-bond acceptors (Lipinski definition) is 2. The molecule has 1 unspecified atom stereocenters. The summed E-state index contributed by atoms with van der Waals surface area (Å²) >= 11 is 0. The van der Waals surface area contributed by atoms with Gasteiger partial charge in [0.05, 0.1) is 0 Å².